The summed E-state index contributed by atoms with van der Waals surface area (Å²) in [5, 5.41) is 2.62. The van der Waals surface area contributed by atoms with Crippen LogP contribution in [0.5, 0.6) is 0 Å². The van der Waals surface area contributed by atoms with Crippen LogP contribution in [0, 0.1) is 5.92 Å². The molecule has 4 unspecified atom stereocenters. The van der Waals surface area contributed by atoms with Crippen molar-refractivity contribution in [1.82, 2.24) is 19.2 Å². The minimum Gasteiger partial charge on any atom is -0.462 e. The quantitative estimate of drug-likeness (QED) is 0.264. The van der Waals surface area contributed by atoms with E-state index in [0.717, 1.165) is 4.31 Å². The Morgan fingerprint density at radius 1 is 1.20 bits per heavy atom. The summed E-state index contributed by atoms with van der Waals surface area (Å²) in [6, 6.07) is 6.51. The molecule has 2 N–H and O–H groups in total. The third kappa shape index (κ3) is 7.85. The van der Waals surface area contributed by atoms with E-state index in [1.54, 1.807) is 70.0 Å². The lowest BCUT2D eigenvalue weighted by Crippen LogP contribution is -2.60. The molecule has 0 aliphatic carbocycles. The summed E-state index contributed by atoms with van der Waals surface area (Å²) in [6.07, 6.45) is 1.29. The molecule has 2 aliphatic heterocycles. The van der Waals surface area contributed by atoms with Gasteiger partial charge in [0.05, 0.1) is 28.8 Å². The molecule has 228 valence electrons. The lowest BCUT2D eigenvalue weighted by atomic mass is 9.82. The first-order valence-electron chi connectivity index (χ1n) is 13.3. The van der Waals surface area contributed by atoms with E-state index in [9.17, 15) is 22.8 Å². The summed E-state index contributed by atoms with van der Waals surface area (Å²) < 4.78 is 39.9. The molecule has 1 fully saturated rings. The van der Waals surface area contributed by atoms with Crippen LogP contribution in [-0.2, 0) is 30.0 Å². The van der Waals surface area contributed by atoms with Crippen molar-refractivity contribution >= 4 is 51.4 Å². The highest BCUT2D eigenvalue weighted by atomic mass is 35.5. The summed E-state index contributed by atoms with van der Waals surface area (Å²) in [5.74, 6) is -1.25. The van der Waals surface area contributed by atoms with Crippen molar-refractivity contribution in [3.05, 3.63) is 47.2 Å². The van der Waals surface area contributed by atoms with E-state index in [1.807, 2.05) is 11.6 Å². The maximum absolute atomic E-state index is 13.8. The number of amides is 2. The Morgan fingerprint density at radius 2 is 1.88 bits per heavy atom. The zero-order chi connectivity index (χ0) is 30.8. The first kappa shape index (κ1) is 33.0. The molecule has 14 heteroatoms. The van der Waals surface area contributed by atoms with Gasteiger partial charge in [-0.1, -0.05) is 36.7 Å². The van der Waals surface area contributed by atoms with Gasteiger partial charge in [-0.25, -0.2) is 14.3 Å². The Labute approximate surface area is 251 Å². The van der Waals surface area contributed by atoms with Crippen molar-refractivity contribution in [2.45, 2.75) is 69.5 Å². The van der Waals surface area contributed by atoms with Crippen molar-refractivity contribution < 1.29 is 32.3 Å². The molecular formula is C27H38Cl2N4O7S. The minimum absolute atomic E-state index is 0.0879. The van der Waals surface area contributed by atoms with Gasteiger partial charge in [0.15, 0.2) is 0 Å². The average Bonchev–Trinajstić information content (AvgIpc) is 2.88. The topological polar surface area (TPSA) is 134 Å². The molecule has 2 heterocycles. The molecule has 11 nitrogen and oxygen atoms in total. The van der Waals surface area contributed by atoms with Gasteiger partial charge in [0.2, 0.25) is 0 Å². The zero-order valence-electron chi connectivity index (χ0n) is 24.1. The number of nitrogens with one attached hydrogen (secondary N) is 2. The fourth-order valence-corrected chi connectivity index (χ4v) is 6.55. The second-order valence-corrected chi connectivity index (χ2v) is 13.8. The van der Waals surface area contributed by atoms with E-state index in [2.05, 4.69) is 5.32 Å². The molecule has 4 atom stereocenters. The second-order valence-electron chi connectivity index (χ2n) is 11.2. The van der Waals surface area contributed by atoms with Gasteiger partial charge in [-0.2, -0.15) is 12.7 Å². The van der Waals surface area contributed by atoms with Crippen molar-refractivity contribution in [2.75, 3.05) is 26.7 Å². The Hall–Kier alpha value is -2.54. The summed E-state index contributed by atoms with van der Waals surface area (Å²) >= 11 is 12.9. The number of likely N-dealkylation sites (N-methyl/N-ethyl adjacent to an activating group) is 1. The number of carbonyl (C=O) groups is 3. The molecule has 0 bridgehead atoms. The monoisotopic (exact) mass is 632 g/mol. The van der Waals surface area contributed by atoms with Gasteiger partial charge in [-0.05, 0) is 64.2 Å². The van der Waals surface area contributed by atoms with Gasteiger partial charge in [-0.3, -0.25) is 4.79 Å². The molecule has 2 aliphatic rings. The minimum atomic E-state index is -4.36. The Bertz CT molecular complexity index is 1300. The number of esters is 1. The van der Waals surface area contributed by atoms with Gasteiger partial charge in [0.25, 0.3) is 5.91 Å². The predicted octanol–water partition coefficient (Wildman–Crippen LogP) is 3.68. The van der Waals surface area contributed by atoms with Gasteiger partial charge < -0.3 is 19.7 Å². The van der Waals surface area contributed by atoms with Crippen LogP contribution in [0.1, 0.15) is 63.4 Å². The number of nitrogens with zero attached hydrogens (tertiary/aromatic N) is 2. The number of piperidine rings is 1. The van der Waals surface area contributed by atoms with Crippen LogP contribution in [0.3, 0.4) is 0 Å². The van der Waals surface area contributed by atoms with Gasteiger partial charge in [0, 0.05) is 20.1 Å². The van der Waals surface area contributed by atoms with E-state index in [0.29, 0.717) is 18.4 Å². The van der Waals surface area contributed by atoms with Crippen LogP contribution in [0.2, 0.25) is 0 Å². The number of rotatable bonds is 7. The Morgan fingerprint density at radius 3 is 2.51 bits per heavy atom. The fourth-order valence-electron chi connectivity index (χ4n) is 4.83. The molecular weight excluding hydrogens is 595 g/mol. The number of hydrogen-bond acceptors (Lipinski definition) is 8. The van der Waals surface area contributed by atoms with Gasteiger partial charge >= 0.3 is 22.3 Å². The van der Waals surface area contributed by atoms with Crippen LogP contribution in [0.25, 0.3) is 0 Å². The smallest absolute Gasteiger partial charge is 0.422 e. The first-order valence-corrected chi connectivity index (χ1v) is 15.6. The molecule has 0 spiro atoms. The highest BCUT2D eigenvalue weighted by Gasteiger charge is 2.45. The van der Waals surface area contributed by atoms with Crippen molar-refractivity contribution in [2.24, 2.45) is 5.92 Å². The van der Waals surface area contributed by atoms with Crippen molar-refractivity contribution in [1.29, 1.82) is 0 Å². The number of benzene rings is 1. The van der Waals surface area contributed by atoms with E-state index in [1.165, 1.54) is 0 Å². The second kappa shape index (κ2) is 12.8. The molecule has 0 saturated carbocycles. The third-order valence-electron chi connectivity index (χ3n) is 6.86. The highest BCUT2D eigenvalue weighted by molar-refractivity contribution is 7.87. The fraction of sp³-hybridized carbons (Fsp3) is 0.593. The lowest BCUT2D eigenvalue weighted by molar-refractivity contribution is -0.121. The van der Waals surface area contributed by atoms with E-state index in [4.69, 9.17) is 32.7 Å². The normalized spacial score (nSPS) is 25.6. The lowest BCUT2D eigenvalue weighted by Gasteiger charge is -2.44. The van der Waals surface area contributed by atoms with Crippen molar-refractivity contribution in [3.63, 3.8) is 0 Å². The Kier molecular flexibility index (Phi) is 10.3. The molecule has 0 radical (unpaired) electrons. The summed E-state index contributed by atoms with van der Waals surface area (Å²) in [6.45, 7) is 8.43. The number of carbonyl (C=O) groups excluding carboxylic acids is 3. The molecule has 41 heavy (non-hydrogen) atoms. The molecule has 0 aromatic heterocycles. The standard InChI is InChI=1S/C27H38Cl2N4O7S/c1-7-39-24(35)18-10-8-11-19(15-18)27(30-23(34)20-14-17(2)21(28)22(29)32(20)6)12-9-13-33(16-27)41(37,38)31-25(36)40-26(3,4)5/h8,10-11,14-15,17,21-22H,7,9,12-13,16H2,1-6H3,(H,30,34)(H,31,36). The SMILES string of the molecule is CCOC(=O)c1cccc(C2(NC(=O)C3=CC(C)C(Cl)C(Cl)N3C)CCCN(S(=O)(=O)NC(=O)OC(C)(C)C)C2)c1. The van der Waals surface area contributed by atoms with E-state index < -0.39 is 50.2 Å². The molecule has 1 saturated heterocycles. The molecule has 1 aromatic rings. The van der Waals surface area contributed by atoms with Crippen LogP contribution in [0.15, 0.2) is 36.0 Å². The van der Waals surface area contributed by atoms with E-state index in [-0.39, 0.29) is 36.9 Å². The molecule has 1 aromatic carbocycles. The van der Waals surface area contributed by atoms with E-state index >= 15 is 0 Å². The summed E-state index contributed by atoms with van der Waals surface area (Å²) in [5.41, 5.74) is -1.81. The average molecular weight is 634 g/mol. The number of alkyl halides is 2. The third-order valence-corrected chi connectivity index (χ3v) is 9.60. The van der Waals surface area contributed by atoms with Crippen LogP contribution >= 0.6 is 23.2 Å². The maximum Gasteiger partial charge on any atom is 0.422 e. The Balaban J connectivity index is 2.02. The predicted molar refractivity (Wildman–Crippen MR) is 156 cm³/mol. The van der Waals surface area contributed by atoms with Gasteiger partial charge in [-0.15, -0.1) is 11.6 Å². The number of halogens is 2. The summed E-state index contributed by atoms with van der Waals surface area (Å²) in [7, 11) is -2.71. The number of allylic oxidation sites excluding steroid dienone is 1. The number of hydrogen-bond donors (Lipinski definition) is 2. The summed E-state index contributed by atoms with van der Waals surface area (Å²) in [4.78, 5) is 40.2. The molecule has 3 rings (SSSR count). The van der Waals surface area contributed by atoms with Crippen LogP contribution in [0.4, 0.5) is 4.79 Å². The molecule has 2 amide bonds. The zero-order valence-corrected chi connectivity index (χ0v) is 26.4. The maximum atomic E-state index is 13.8. The largest absolute Gasteiger partial charge is 0.462 e. The highest BCUT2D eigenvalue weighted by Crippen LogP contribution is 2.36. The van der Waals surface area contributed by atoms with Crippen LogP contribution < -0.4 is 10.0 Å². The first-order chi connectivity index (χ1) is 19.0. The number of ether oxygens (including phenoxy) is 2. The van der Waals surface area contributed by atoms with Crippen molar-refractivity contribution in [3.8, 4) is 0 Å². The van der Waals surface area contributed by atoms with Crippen LogP contribution in [-0.4, -0.2) is 78.8 Å². The van der Waals surface area contributed by atoms with Gasteiger partial charge in [0.1, 0.15) is 11.1 Å².